The molecule has 7 heteroatoms. The highest BCUT2D eigenvalue weighted by Crippen LogP contribution is 2.25. The lowest BCUT2D eigenvalue weighted by Crippen LogP contribution is -2.07. The maximum atomic E-state index is 11.3. The predicted molar refractivity (Wildman–Crippen MR) is 118 cm³/mol. The van der Waals surface area contributed by atoms with Crippen molar-refractivity contribution in [3.8, 4) is 11.3 Å². The molecule has 150 valence electrons. The Labute approximate surface area is 174 Å². The second-order valence-electron chi connectivity index (χ2n) is 6.65. The Morgan fingerprint density at radius 3 is 2.53 bits per heavy atom. The Morgan fingerprint density at radius 1 is 0.933 bits per heavy atom. The van der Waals surface area contributed by atoms with E-state index in [4.69, 9.17) is 4.42 Å². The van der Waals surface area contributed by atoms with Gasteiger partial charge in [-0.3, -0.25) is 4.79 Å². The van der Waals surface area contributed by atoms with Crippen molar-refractivity contribution in [1.82, 2.24) is 9.97 Å². The zero-order chi connectivity index (χ0) is 20.8. The zero-order valence-electron chi connectivity index (χ0n) is 16.4. The van der Waals surface area contributed by atoms with Crippen LogP contribution in [0, 0.1) is 0 Å². The van der Waals surface area contributed by atoms with Gasteiger partial charge in [-0.15, -0.1) is 0 Å². The number of hydrogen-bond acceptors (Lipinski definition) is 6. The number of hydrogen-bond donors (Lipinski definition) is 3. The minimum absolute atomic E-state index is 0.120. The zero-order valence-corrected chi connectivity index (χ0v) is 16.4. The van der Waals surface area contributed by atoms with E-state index in [0.29, 0.717) is 24.0 Å². The molecule has 0 atom stereocenters. The van der Waals surface area contributed by atoms with Gasteiger partial charge in [0.25, 0.3) is 0 Å². The first-order valence-electron chi connectivity index (χ1n) is 9.51. The van der Waals surface area contributed by atoms with Crippen LogP contribution in [-0.2, 0) is 11.3 Å². The number of nitrogens with zero attached hydrogens (tertiary/aromatic N) is 2. The molecule has 30 heavy (non-hydrogen) atoms. The molecule has 4 rings (SSSR count). The first-order valence-corrected chi connectivity index (χ1v) is 9.51. The normalized spacial score (nSPS) is 10.4. The van der Waals surface area contributed by atoms with Crippen LogP contribution in [0.5, 0.6) is 0 Å². The summed E-state index contributed by atoms with van der Waals surface area (Å²) in [6, 6.07) is 23.0. The second-order valence-corrected chi connectivity index (χ2v) is 6.65. The van der Waals surface area contributed by atoms with Gasteiger partial charge >= 0.3 is 0 Å². The van der Waals surface area contributed by atoms with Gasteiger partial charge in [0.1, 0.15) is 11.6 Å². The van der Waals surface area contributed by atoms with Crippen LogP contribution >= 0.6 is 0 Å². The minimum Gasteiger partial charge on any atom is -0.467 e. The second kappa shape index (κ2) is 8.91. The van der Waals surface area contributed by atoms with E-state index in [1.807, 2.05) is 72.8 Å². The summed E-state index contributed by atoms with van der Waals surface area (Å²) in [5, 5.41) is 9.28. The molecular weight excluding hydrogens is 378 g/mol. The summed E-state index contributed by atoms with van der Waals surface area (Å²) in [5.41, 5.74) is 3.28. The maximum absolute atomic E-state index is 11.3. The van der Waals surface area contributed by atoms with Gasteiger partial charge in [-0.1, -0.05) is 36.4 Å². The molecule has 2 aromatic heterocycles. The number of benzene rings is 2. The van der Waals surface area contributed by atoms with Gasteiger partial charge in [0.15, 0.2) is 0 Å². The van der Waals surface area contributed by atoms with Crippen molar-refractivity contribution in [2.75, 3.05) is 16.0 Å². The van der Waals surface area contributed by atoms with Crippen LogP contribution in [0.2, 0.25) is 0 Å². The van der Waals surface area contributed by atoms with Crippen LogP contribution in [0.1, 0.15) is 12.7 Å². The molecule has 1 amide bonds. The molecule has 3 N–H and O–H groups in total. The van der Waals surface area contributed by atoms with Crippen molar-refractivity contribution in [2.45, 2.75) is 13.5 Å². The van der Waals surface area contributed by atoms with E-state index in [-0.39, 0.29) is 5.91 Å². The van der Waals surface area contributed by atoms with Crippen molar-refractivity contribution in [3.05, 3.63) is 84.8 Å². The van der Waals surface area contributed by atoms with E-state index in [1.165, 1.54) is 6.92 Å². The lowest BCUT2D eigenvalue weighted by molar-refractivity contribution is -0.114. The van der Waals surface area contributed by atoms with Gasteiger partial charge in [-0.05, 0) is 30.3 Å². The third-order valence-corrected chi connectivity index (χ3v) is 4.25. The molecular formula is C23H21N5O2. The Kier molecular flexibility index (Phi) is 5.70. The summed E-state index contributed by atoms with van der Waals surface area (Å²) in [6.07, 6.45) is 1.63. The monoisotopic (exact) mass is 399 g/mol. The van der Waals surface area contributed by atoms with Crippen molar-refractivity contribution in [1.29, 1.82) is 0 Å². The van der Waals surface area contributed by atoms with E-state index in [9.17, 15) is 4.79 Å². The number of amides is 1. The molecule has 0 bridgehead atoms. The topological polar surface area (TPSA) is 92.1 Å². The molecule has 0 aliphatic heterocycles. The fourth-order valence-corrected chi connectivity index (χ4v) is 2.95. The summed E-state index contributed by atoms with van der Waals surface area (Å²) in [6.45, 7) is 1.95. The average Bonchev–Trinajstić information content (AvgIpc) is 3.26. The number of carbonyl (C=O) groups is 1. The quantitative estimate of drug-likeness (QED) is 0.403. The van der Waals surface area contributed by atoms with Gasteiger partial charge in [-0.2, -0.15) is 4.98 Å². The number of carbonyl (C=O) groups excluding carboxylic acids is 1. The Hall–Kier alpha value is -4.13. The minimum atomic E-state index is -0.120. The maximum Gasteiger partial charge on any atom is 0.225 e. The van der Waals surface area contributed by atoms with E-state index in [0.717, 1.165) is 22.7 Å². The van der Waals surface area contributed by atoms with Gasteiger partial charge < -0.3 is 20.4 Å². The van der Waals surface area contributed by atoms with Crippen molar-refractivity contribution >= 4 is 29.0 Å². The van der Waals surface area contributed by atoms with Crippen molar-refractivity contribution < 1.29 is 9.21 Å². The molecule has 0 fully saturated rings. The molecule has 0 saturated heterocycles. The average molecular weight is 399 g/mol. The predicted octanol–water partition coefficient (Wildman–Crippen LogP) is 5.05. The van der Waals surface area contributed by atoms with Crippen molar-refractivity contribution in [3.63, 3.8) is 0 Å². The Morgan fingerprint density at radius 2 is 1.77 bits per heavy atom. The smallest absolute Gasteiger partial charge is 0.225 e. The molecule has 2 aromatic carbocycles. The first-order chi connectivity index (χ1) is 14.7. The van der Waals surface area contributed by atoms with Gasteiger partial charge in [0.2, 0.25) is 11.9 Å². The largest absolute Gasteiger partial charge is 0.467 e. The highest BCUT2D eigenvalue weighted by atomic mass is 16.3. The first kappa shape index (κ1) is 19.2. The van der Waals surface area contributed by atoms with Crippen LogP contribution in [0.3, 0.4) is 0 Å². The molecule has 0 aliphatic rings. The molecule has 0 spiro atoms. The molecule has 7 nitrogen and oxygen atoms in total. The highest BCUT2D eigenvalue weighted by Gasteiger charge is 2.08. The van der Waals surface area contributed by atoms with Gasteiger partial charge in [0, 0.05) is 29.9 Å². The fourth-order valence-electron chi connectivity index (χ4n) is 2.95. The lowest BCUT2D eigenvalue weighted by Gasteiger charge is -2.12. The van der Waals surface area contributed by atoms with Crippen molar-refractivity contribution in [2.24, 2.45) is 0 Å². The van der Waals surface area contributed by atoms with E-state index in [1.54, 1.807) is 6.26 Å². The Balaban J connectivity index is 1.62. The molecule has 0 radical (unpaired) electrons. The highest BCUT2D eigenvalue weighted by molar-refractivity contribution is 5.89. The van der Waals surface area contributed by atoms with E-state index >= 15 is 0 Å². The van der Waals surface area contributed by atoms with Crippen LogP contribution < -0.4 is 16.0 Å². The summed E-state index contributed by atoms with van der Waals surface area (Å²) >= 11 is 0. The number of aromatic nitrogens is 2. The molecule has 4 aromatic rings. The summed E-state index contributed by atoms with van der Waals surface area (Å²) in [4.78, 5) is 20.6. The van der Waals surface area contributed by atoms with E-state index < -0.39 is 0 Å². The summed E-state index contributed by atoms with van der Waals surface area (Å²) in [7, 11) is 0. The molecule has 0 unspecified atom stereocenters. The number of nitrogens with one attached hydrogen (secondary N) is 3. The Bertz CT molecular complexity index is 1130. The number of furan rings is 1. The summed E-state index contributed by atoms with van der Waals surface area (Å²) < 4.78 is 5.37. The number of anilines is 4. The third kappa shape index (κ3) is 5.02. The molecule has 2 heterocycles. The molecule has 0 saturated carbocycles. The standard InChI is InChI=1S/C23H21N5O2/c1-16(29)25-18-9-5-10-19(13-18)26-22-14-21(17-7-3-2-4-8-17)27-23(28-22)24-15-20-11-6-12-30-20/h2-14H,15H2,1H3,(H,25,29)(H2,24,26,27,28). The lowest BCUT2D eigenvalue weighted by atomic mass is 10.1. The third-order valence-electron chi connectivity index (χ3n) is 4.25. The van der Waals surface area contributed by atoms with E-state index in [2.05, 4.69) is 25.9 Å². The fraction of sp³-hybridized carbons (Fsp3) is 0.0870. The van der Waals surface area contributed by atoms with Crippen LogP contribution in [-0.4, -0.2) is 15.9 Å². The molecule has 0 aliphatic carbocycles. The van der Waals surface area contributed by atoms with Gasteiger partial charge in [-0.25, -0.2) is 4.98 Å². The van der Waals surface area contributed by atoms with Crippen LogP contribution in [0.15, 0.2) is 83.5 Å². The van der Waals surface area contributed by atoms with Crippen LogP contribution in [0.4, 0.5) is 23.1 Å². The summed E-state index contributed by atoms with van der Waals surface area (Å²) in [5.74, 6) is 1.78. The SMILES string of the molecule is CC(=O)Nc1cccc(Nc2cc(-c3ccccc3)nc(NCc3ccco3)n2)c1. The van der Waals surface area contributed by atoms with Gasteiger partial charge in [0.05, 0.1) is 18.5 Å². The van der Waals surface area contributed by atoms with Crippen LogP contribution in [0.25, 0.3) is 11.3 Å². The number of rotatable bonds is 7.